The average Bonchev–Trinajstić information content (AvgIpc) is 2.68. The molecule has 0 aliphatic carbocycles. The number of sulfonamides is 1. The van der Waals surface area contributed by atoms with Crippen molar-refractivity contribution < 1.29 is 8.42 Å². The van der Waals surface area contributed by atoms with Crippen molar-refractivity contribution in [1.29, 1.82) is 0 Å². The molecule has 0 radical (unpaired) electrons. The summed E-state index contributed by atoms with van der Waals surface area (Å²) in [5, 5.41) is 0. The van der Waals surface area contributed by atoms with Crippen molar-refractivity contribution in [3.63, 3.8) is 0 Å². The Balaban J connectivity index is 1.89. The quantitative estimate of drug-likeness (QED) is 0.680. The molecule has 6 heteroatoms. The second-order valence-electron chi connectivity index (χ2n) is 5.82. The molecule has 0 atom stereocenters. The van der Waals surface area contributed by atoms with E-state index >= 15 is 0 Å². The van der Waals surface area contributed by atoms with Gasteiger partial charge in [-0.1, -0.05) is 48.5 Å². The topological polar surface area (TPSA) is 62.3 Å². The zero-order chi connectivity index (χ0) is 18.4. The van der Waals surface area contributed by atoms with Crippen LogP contribution in [0.4, 0.5) is 17.2 Å². The number of anilines is 3. The van der Waals surface area contributed by atoms with E-state index in [0.29, 0.717) is 12.2 Å². The number of rotatable bonds is 7. The van der Waals surface area contributed by atoms with Crippen molar-refractivity contribution in [3.8, 4) is 0 Å². The number of hydrogen-bond donors (Lipinski definition) is 1. The van der Waals surface area contributed by atoms with Gasteiger partial charge in [0.15, 0.2) is 0 Å². The van der Waals surface area contributed by atoms with Gasteiger partial charge in [-0.2, -0.15) is 0 Å². The maximum atomic E-state index is 11.7. The van der Waals surface area contributed by atoms with Gasteiger partial charge in [0.05, 0.1) is 17.6 Å². The van der Waals surface area contributed by atoms with Crippen LogP contribution in [0.1, 0.15) is 12.5 Å². The van der Waals surface area contributed by atoms with Crippen LogP contribution in [0.25, 0.3) is 0 Å². The van der Waals surface area contributed by atoms with Gasteiger partial charge < -0.3 is 4.90 Å². The van der Waals surface area contributed by atoms with Crippen LogP contribution in [0.5, 0.6) is 0 Å². The highest BCUT2D eigenvalue weighted by atomic mass is 32.2. The molecule has 2 aromatic carbocycles. The van der Waals surface area contributed by atoms with E-state index in [1.54, 1.807) is 19.2 Å². The molecule has 1 N–H and O–H groups in total. The average molecular weight is 367 g/mol. The molecule has 0 aliphatic rings. The highest BCUT2D eigenvalue weighted by Crippen LogP contribution is 2.26. The fourth-order valence-corrected chi connectivity index (χ4v) is 3.16. The lowest BCUT2D eigenvalue weighted by Crippen LogP contribution is -2.18. The lowest BCUT2D eigenvalue weighted by molar-refractivity contribution is 0.602. The Morgan fingerprint density at radius 3 is 2.15 bits per heavy atom. The predicted octanol–water partition coefficient (Wildman–Crippen LogP) is 4.18. The van der Waals surface area contributed by atoms with Crippen LogP contribution in [0, 0.1) is 0 Å². The molecule has 0 saturated heterocycles. The molecule has 1 heterocycles. The Bertz CT molecular complexity index is 928. The fraction of sp³-hybridized carbons (Fsp3) is 0.150. The Labute approximate surface area is 154 Å². The summed E-state index contributed by atoms with van der Waals surface area (Å²) in [5.74, 6) is 0.776. The number of nitrogens with one attached hydrogen (secondary N) is 1. The number of hydrogen-bond acceptors (Lipinski definition) is 4. The molecule has 0 saturated carbocycles. The first-order valence-electron chi connectivity index (χ1n) is 8.40. The standard InChI is InChI=1S/C20H21N3O2S/c1-2-26(24,25)22-18-13-14-20(21-15-18)23(19-11-7-4-8-12-19)16-17-9-5-3-6-10-17/h3-15,22H,2,16H2,1H3. The molecule has 0 fully saturated rings. The van der Waals surface area contributed by atoms with Gasteiger partial charge in [-0.25, -0.2) is 13.4 Å². The van der Waals surface area contributed by atoms with Crippen LogP contribution in [-0.2, 0) is 16.6 Å². The third kappa shape index (κ3) is 4.61. The second kappa shape index (κ2) is 8.01. The number of pyridine rings is 1. The Hall–Kier alpha value is -2.86. The SMILES string of the molecule is CCS(=O)(=O)Nc1ccc(N(Cc2ccccc2)c2ccccc2)nc1. The minimum absolute atomic E-state index is 0.0267. The number of para-hydroxylation sites is 1. The molecule has 0 spiro atoms. The Kier molecular flexibility index (Phi) is 5.53. The first-order valence-corrected chi connectivity index (χ1v) is 10.1. The molecule has 0 amide bonds. The van der Waals surface area contributed by atoms with E-state index in [2.05, 4.69) is 26.7 Å². The normalized spacial score (nSPS) is 11.1. The molecule has 134 valence electrons. The summed E-state index contributed by atoms with van der Waals surface area (Å²) < 4.78 is 25.9. The summed E-state index contributed by atoms with van der Waals surface area (Å²) in [6.07, 6.45) is 1.55. The molecule has 5 nitrogen and oxygen atoms in total. The van der Waals surface area contributed by atoms with E-state index in [9.17, 15) is 8.42 Å². The monoisotopic (exact) mass is 367 g/mol. The molecule has 0 bridgehead atoms. The van der Waals surface area contributed by atoms with Gasteiger partial charge in [0, 0.05) is 12.2 Å². The predicted molar refractivity (Wildman–Crippen MR) is 106 cm³/mol. The van der Waals surface area contributed by atoms with Crippen molar-refractivity contribution in [2.75, 3.05) is 15.4 Å². The first-order chi connectivity index (χ1) is 12.6. The summed E-state index contributed by atoms with van der Waals surface area (Å²) in [7, 11) is -3.31. The molecule has 1 aromatic heterocycles. The maximum absolute atomic E-state index is 11.7. The van der Waals surface area contributed by atoms with Crippen molar-refractivity contribution in [1.82, 2.24) is 4.98 Å². The van der Waals surface area contributed by atoms with E-state index in [-0.39, 0.29) is 5.75 Å². The summed E-state index contributed by atoms with van der Waals surface area (Å²) in [6.45, 7) is 2.26. The molecule has 0 unspecified atom stereocenters. The highest BCUT2D eigenvalue weighted by molar-refractivity contribution is 7.92. The Morgan fingerprint density at radius 1 is 0.923 bits per heavy atom. The van der Waals surface area contributed by atoms with Crippen LogP contribution >= 0.6 is 0 Å². The summed E-state index contributed by atoms with van der Waals surface area (Å²) in [4.78, 5) is 6.56. The van der Waals surface area contributed by atoms with Gasteiger partial charge in [-0.3, -0.25) is 4.72 Å². The van der Waals surface area contributed by atoms with Crippen LogP contribution in [0.3, 0.4) is 0 Å². The van der Waals surface area contributed by atoms with Gasteiger partial charge >= 0.3 is 0 Å². The summed E-state index contributed by atoms with van der Waals surface area (Å²) in [5.41, 5.74) is 2.64. The smallest absolute Gasteiger partial charge is 0.232 e. The number of nitrogens with zero attached hydrogens (tertiary/aromatic N) is 2. The molecule has 0 aliphatic heterocycles. The molecule has 3 aromatic rings. The lowest BCUT2D eigenvalue weighted by Gasteiger charge is -2.24. The third-order valence-electron chi connectivity index (χ3n) is 3.93. The van der Waals surface area contributed by atoms with E-state index in [1.807, 2.05) is 54.6 Å². The van der Waals surface area contributed by atoms with Crippen molar-refractivity contribution >= 4 is 27.2 Å². The zero-order valence-electron chi connectivity index (χ0n) is 14.5. The maximum Gasteiger partial charge on any atom is 0.232 e. The molecule has 3 rings (SSSR count). The number of benzene rings is 2. The van der Waals surface area contributed by atoms with Gasteiger partial charge in [-0.05, 0) is 36.8 Å². The molecule has 26 heavy (non-hydrogen) atoms. The minimum atomic E-state index is -3.31. The van der Waals surface area contributed by atoms with Gasteiger partial charge in [0.1, 0.15) is 5.82 Å². The van der Waals surface area contributed by atoms with Gasteiger partial charge in [-0.15, -0.1) is 0 Å². The minimum Gasteiger partial charge on any atom is -0.322 e. The third-order valence-corrected chi connectivity index (χ3v) is 5.24. The van der Waals surface area contributed by atoms with Crippen LogP contribution in [0.2, 0.25) is 0 Å². The largest absolute Gasteiger partial charge is 0.322 e. The van der Waals surface area contributed by atoms with Crippen LogP contribution in [-0.4, -0.2) is 19.2 Å². The second-order valence-corrected chi connectivity index (χ2v) is 7.83. The van der Waals surface area contributed by atoms with E-state index < -0.39 is 10.0 Å². The highest BCUT2D eigenvalue weighted by Gasteiger charge is 2.12. The van der Waals surface area contributed by atoms with E-state index in [1.165, 1.54) is 0 Å². The van der Waals surface area contributed by atoms with Crippen molar-refractivity contribution in [2.45, 2.75) is 13.5 Å². The van der Waals surface area contributed by atoms with Gasteiger partial charge in [0.2, 0.25) is 10.0 Å². The van der Waals surface area contributed by atoms with E-state index in [0.717, 1.165) is 17.1 Å². The van der Waals surface area contributed by atoms with Crippen molar-refractivity contribution in [2.24, 2.45) is 0 Å². The molecular weight excluding hydrogens is 346 g/mol. The lowest BCUT2D eigenvalue weighted by atomic mass is 10.2. The van der Waals surface area contributed by atoms with Gasteiger partial charge in [0.25, 0.3) is 0 Å². The zero-order valence-corrected chi connectivity index (χ0v) is 15.4. The molecular formula is C20H21N3O2S. The Morgan fingerprint density at radius 2 is 1.58 bits per heavy atom. The fourth-order valence-electron chi connectivity index (χ4n) is 2.54. The van der Waals surface area contributed by atoms with Crippen molar-refractivity contribution in [3.05, 3.63) is 84.6 Å². The van der Waals surface area contributed by atoms with E-state index in [4.69, 9.17) is 0 Å². The summed E-state index contributed by atoms with van der Waals surface area (Å²) >= 11 is 0. The van der Waals surface area contributed by atoms with Crippen LogP contribution < -0.4 is 9.62 Å². The first kappa shape index (κ1) is 17.9. The van der Waals surface area contributed by atoms with Crippen LogP contribution in [0.15, 0.2) is 79.0 Å². The number of aromatic nitrogens is 1. The summed E-state index contributed by atoms with van der Waals surface area (Å²) in [6, 6.07) is 23.7.